The molecule has 0 spiro atoms. The maximum absolute atomic E-state index is 13.0. The van der Waals surface area contributed by atoms with Gasteiger partial charge in [0, 0.05) is 24.8 Å². The number of carbonyl (C=O) groups excluding carboxylic acids is 1. The first-order valence-electron chi connectivity index (χ1n) is 9.13. The highest BCUT2D eigenvalue weighted by Gasteiger charge is 2.40. The molecule has 1 unspecified atom stereocenters. The largest absolute Gasteiger partial charge is 0.299 e. The predicted octanol–water partition coefficient (Wildman–Crippen LogP) is 4.47. The molecule has 134 valence electrons. The number of benzene rings is 1. The normalized spacial score (nSPS) is 14.1. The Hall–Kier alpha value is -2.00. The maximum atomic E-state index is 13.0. The zero-order chi connectivity index (χ0) is 18.4. The summed E-state index contributed by atoms with van der Waals surface area (Å²) >= 11 is 0. The standard InChI is InChI=1S/C22H30N2O/c1-17(2)24(18(3)4)16-14-22(19(5)25,20-11-7-6-8-12-20)21-13-9-10-15-23-21/h6-13,15,17-18H,14,16H2,1-5H3. The molecule has 3 nitrogen and oxygen atoms in total. The molecule has 1 aromatic heterocycles. The van der Waals surface area contributed by atoms with Crippen molar-refractivity contribution in [2.24, 2.45) is 0 Å². The minimum Gasteiger partial charge on any atom is -0.299 e. The molecule has 0 aliphatic heterocycles. The van der Waals surface area contributed by atoms with Gasteiger partial charge in [0.05, 0.1) is 11.1 Å². The number of hydrogen-bond donors (Lipinski definition) is 0. The second kappa shape index (κ2) is 8.39. The van der Waals surface area contributed by atoms with Gasteiger partial charge >= 0.3 is 0 Å². The first kappa shape index (κ1) is 19.3. The third-order valence-electron chi connectivity index (χ3n) is 5.04. The fourth-order valence-electron chi connectivity index (χ4n) is 3.73. The van der Waals surface area contributed by atoms with E-state index in [-0.39, 0.29) is 5.78 Å². The fourth-order valence-corrected chi connectivity index (χ4v) is 3.73. The van der Waals surface area contributed by atoms with Crippen molar-refractivity contribution in [3.05, 3.63) is 66.0 Å². The maximum Gasteiger partial charge on any atom is 0.146 e. The van der Waals surface area contributed by atoms with Crippen molar-refractivity contribution >= 4 is 5.78 Å². The van der Waals surface area contributed by atoms with Crippen molar-refractivity contribution < 1.29 is 4.79 Å². The summed E-state index contributed by atoms with van der Waals surface area (Å²) in [5.74, 6) is 0.143. The first-order valence-corrected chi connectivity index (χ1v) is 9.13. The molecule has 0 saturated carbocycles. The molecule has 2 aromatic rings. The van der Waals surface area contributed by atoms with E-state index in [0.717, 1.165) is 24.2 Å². The highest BCUT2D eigenvalue weighted by molar-refractivity contribution is 5.91. The Balaban J connectivity index is 2.50. The van der Waals surface area contributed by atoms with Crippen LogP contribution >= 0.6 is 0 Å². The van der Waals surface area contributed by atoms with E-state index >= 15 is 0 Å². The van der Waals surface area contributed by atoms with Crippen molar-refractivity contribution in [2.75, 3.05) is 6.54 Å². The first-order chi connectivity index (χ1) is 11.9. The molecule has 2 rings (SSSR count). The number of aromatic nitrogens is 1. The van der Waals surface area contributed by atoms with Gasteiger partial charge in [0.15, 0.2) is 0 Å². The Morgan fingerprint density at radius 3 is 2.08 bits per heavy atom. The van der Waals surface area contributed by atoms with Crippen molar-refractivity contribution in [3.63, 3.8) is 0 Å². The van der Waals surface area contributed by atoms with Crippen LogP contribution in [0, 0.1) is 0 Å². The fraction of sp³-hybridized carbons (Fsp3) is 0.455. The molecule has 1 heterocycles. The summed E-state index contributed by atoms with van der Waals surface area (Å²) in [4.78, 5) is 20.0. The highest BCUT2D eigenvalue weighted by Crippen LogP contribution is 2.36. The molecule has 1 aromatic carbocycles. The molecule has 1 atom stereocenters. The number of carbonyl (C=O) groups is 1. The van der Waals surface area contributed by atoms with Gasteiger partial charge in [-0.05, 0) is 58.7 Å². The van der Waals surface area contributed by atoms with Gasteiger partial charge in [-0.3, -0.25) is 14.7 Å². The van der Waals surface area contributed by atoms with Gasteiger partial charge in [-0.1, -0.05) is 36.4 Å². The topological polar surface area (TPSA) is 33.2 Å². The number of ketones is 1. The van der Waals surface area contributed by atoms with Crippen LogP contribution in [0.2, 0.25) is 0 Å². The summed E-state index contributed by atoms with van der Waals surface area (Å²) in [7, 11) is 0. The Bertz CT molecular complexity index is 617. The molecule has 0 aliphatic carbocycles. The van der Waals surface area contributed by atoms with E-state index < -0.39 is 5.41 Å². The van der Waals surface area contributed by atoms with E-state index in [0.29, 0.717) is 12.1 Å². The summed E-state index contributed by atoms with van der Waals surface area (Å²) in [5.41, 5.74) is 1.15. The molecular weight excluding hydrogens is 308 g/mol. The lowest BCUT2D eigenvalue weighted by atomic mass is 9.71. The van der Waals surface area contributed by atoms with Crippen molar-refractivity contribution in [1.29, 1.82) is 0 Å². The minimum atomic E-state index is -0.704. The molecule has 0 bridgehead atoms. The molecule has 0 N–H and O–H groups in total. The highest BCUT2D eigenvalue weighted by atomic mass is 16.1. The molecular formula is C22H30N2O. The van der Waals surface area contributed by atoms with Gasteiger partial charge in [-0.2, -0.15) is 0 Å². The average Bonchev–Trinajstić information content (AvgIpc) is 2.59. The van der Waals surface area contributed by atoms with Gasteiger partial charge < -0.3 is 0 Å². The molecule has 0 fully saturated rings. The number of Topliss-reactive ketones (excluding diaryl/α,β-unsaturated/α-hetero) is 1. The van der Waals surface area contributed by atoms with Crippen LogP contribution in [0.3, 0.4) is 0 Å². The van der Waals surface area contributed by atoms with Crippen LogP contribution in [0.15, 0.2) is 54.7 Å². The van der Waals surface area contributed by atoms with Crippen molar-refractivity contribution in [1.82, 2.24) is 9.88 Å². The summed E-state index contributed by atoms with van der Waals surface area (Å²) in [5, 5.41) is 0. The molecule has 25 heavy (non-hydrogen) atoms. The number of nitrogens with zero attached hydrogens (tertiary/aromatic N) is 2. The van der Waals surface area contributed by atoms with Gasteiger partial charge in [0.1, 0.15) is 5.78 Å². The SMILES string of the molecule is CC(=O)C(CCN(C(C)C)C(C)C)(c1ccccc1)c1ccccn1. The van der Waals surface area contributed by atoms with Crippen LogP contribution in [-0.4, -0.2) is 34.3 Å². The summed E-state index contributed by atoms with van der Waals surface area (Å²) < 4.78 is 0. The lowest BCUT2D eigenvalue weighted by Crippen LogP contribution is -2.44. The molecule has 0 amide bonds. The van der Waals surface area contributed by atoms with E-state index in [2.05, 4.69) is 37.6 Å². The van der Waals surface area contributed by atoms with Crippen LogP contribution in [-0.2, 0) is 10.2 Å². The summed E-state index contributed by atoms with van der Waals surface area (Å²) in [6.07, 6.45) is 2.50. The zero-order valence-electron chi connectivity index (χ0n) is 16.1. The second-order valence-electron chi connectivity index (χ2n) is 7.22. The quantitative estimate of drug-likeness (QED) is 0.712. The molecule has 3 heteroatoms. The monoisotopic (exact) mass is 338 g/mol. The van der Waals surface area contributed by atoms with Gasteiger partial charge in [0.25, 0.3) is 0 Å². The van der Waals surface area contributed by atoms with Crippen molar-refractivity contribution in [2.45, 2.75) is 58.5 Å². The Kier molecular flexibility index (Phi) is 6.49. The predicted molar refractivity (Wildman–Crippen MR) is 104 cm³/mol. The lowest BCUT2D eigenvalue weighted by Gasteiger charge is -2.37. The Morgan fingerprint density at radius 2 is 1.60 bits per heavy atom. The third-order valence-corrected chi connectivity index (χ3v) is 5.04. The smallest absolute Gasteiger partial charge is 0.146 e. The van der Waals surface area contributed by atoms with Crippen LogP contribution in [0.1, 0.15) is 52.3 Å². The van der Waals surface area contributed by atoms with Gasteiger partial charge in [-0.25, -0.2) is 0 Å². The van der Waals surface area contributed by atoms with E-state index in [9.17, 15) is 4.79 Å². The van der Waals surface area contributed by atoms with Crippen LogP contribution in [0.25, 0.3) is 0 Å². The second-order valence-corrected chi connectivity index (χ2v) is 7.22. The lowest BCUT2D eigenvalue weighted by molar-refractivity contribution is -0.121. The van der Waals surface area contributed by atoms with E-state index in [1.165, 1.54) is 0 Å². The third kappa shape index (κ3) is 4.16. The van der Waals surface area contributed by atoms with Crippen molar-refractivity contribution in [3.8, 4) is 0 Å². The van der Waals surface area contributed by atoms with Crippen LogP contribution < -0.4 is 0 Å². The average molecular weight is 338 g/mol. The number of pyridine rings is 1. The summed E-state index contributed by atoms with van der Waals surface area (Å²) in [6.45, 7) is 11.4. The van der Waals surface area contributed by atoms with Crippen LogP contribution in [0.4, 0.5) is 0 Å². The van der Waals surface area contributed by atoms with Crippen LogP contribution in [0.5, 0.6) is 0 Å². The molecule has 0 aliphatic rings. The number of rotatable bonds is 8. The van der Waals surface area contributed by atoms with Gasteiger partial charge in [-0.15, -0.1) is 0 Å². The Morgan fingerprint density at radius 1 is 1.00 bits per heavy atom. The van der Waals surface area contributed by atoms with E-state index in [4.69, 9.17) is 0 Å². The Labute approximate surface area is 152 Å². The van der Waals surface area contributed by atoms with Gasteiger partial charge in [0.2, 0.25) is 0 Å². The van der Waals surface area contributed by atoms with E-state index in [1.807, 2.05) is 48.5 Å². The molecule has 0 saturated heterocycles. The molecule has 0 radical (unpaired) electrons. The zero-order valence-corrected chi connectivity index (χ0v) is 16.1. The number of hydrogen-bond acceptors (Lipinski definition) is 3. The minimum absolute atomic E-state index is 0.143. The summed E-state index contributed by atoms with van der Waals surface area (Å²) in [6, 6.07) is 16.8. The van der Waals surface area contributed by atoms with E-state index in [1.54, 1.807) is 13.1 Å².